The third-order valence-corrected chi connectivity index (χ3v) is 4.80. The van der Waals surface area contributed by atoms with E-state index in [0.29, 0.717) is 43.4 Å². The molecule has 1 unspecified atom stereocenters. The molecule has 1 aromatic carbocycles. The van der Waals surface area contributed by atoms with Gasteiger partial charge in [0, 0.05) is 26.1 Å². The quantitative estimate of drug-likeness (QED) is 0.792. The van der Waals surface area contributed by atoms with Gasteiger partial charge in [0.25, 0.3) is 5.91 Å². The molecular weight excluding hydrogens is 361 g/mol. The Balaban J connectivity index is 1.93. The van der Waals surface area contributed by atoms with Crippen molar-refractivity contribution >= 4 is 11.7 Å². The van der Waals surface area contributed by atoms with Crippen LogP contribution in [-0.2, 0) is 11.2 Å². The summed E-state index contributed by atoms with van der Waals surface area (Å²) >= 11 is 0. The van der Waals surface area contributed by atoms with Crippen molar-refractivity contribution < 1.29 is 18.7 Å². The Morgan fingerprint density at radius 2 is 2.14 bits per heavy atom. The van der Waals surface area contributed by atoms with Crippen molar-refractivity contribution in [3.63, 3.8) is 0 Å². The minimum atomic E-state index is -0.277. The van der Waals surface area contributed by atoms with E-state index in [-0.39, 0.29) is 17.8 Å². The highest BCUT2D eigenvalue weighted by molar-refractivity contribution is 5.93. The SMILES string of the molecule is CCC(COC)NC(=O)c1cc(Cc2ccc(F)cc2)c2c(n1)N(C)CCO2. The van der Waals surface area contributed by atoms with Gasteiger partial charge in [-0.1, -0.05) is 19.1 Å². The van der Waals surface area contributed by atoms with Gasteiger partial charge in [-0.25, -0.2) is 9.37 Å². The normalized spacial score (nSPS) is 14.2. The highest BCUT2D eigenvalue weighted by atomic mass is 19.1. The molecule has 3 rings (SSSR count). The molecule has 2 heterocycles. The number of ether oxygens (including phenoxy) is 2. The first kappa shape index (κ1) is 20.1. The monoisotopic (exact) mass is 387 g/mol. The topological polar surface area (TPSA) is 63.7 Å². The average molecular weight is 387 g/mol. The van der Waals surface area contributed by atoms with Crippen LogP contribution in [0.3, 0.4) is 0 Å². The summed E-state index contributed by atoms with van der Waals surface area (Å²) in [6.45, 7) is 3.69. The number of hydrogen-bond acceptors (Lipinski definition) is 5. The number of likely N-dealkylation sites (N-methyl/N-ethyl adjacent to an activating group) is 1. The number of fused-ring (bicyclic) bond motifs is 1. The smallest absolute Gasteiger partial charge is 0.270 e. The first-order valence-electron chi connectivity index (χ1n) is 9.44. The van der Waals surface area contributed by atoms with E-state index < -0.39 is 0 Å². The maximum absolute atomic E-state index is 13.2. The highest BCUT2D eigenvalue weighted by Crippen LogP contribution is 2.34. The molecule has 0 bridgehead atoms. The molecular formula is C21H26FN3O3. The fourth-order valence-electron chi connectivity index (χ4n) is 3.17. The zero-order valence-electron chi connectivity index (χ0n) is 16.5. The molecule has 28 heavy (non-hydrogen) atoms. The molecule has 2 aromatic rings. The first-order valence-corrected chi connectivity index (χ1v) is 9.44. The van der Waals surface area contributed by atoms with Gasteiger partial charge >= 0.3 is 0 Å². The maximum Gasteiger partial charge on any atom is 0.270 e. The molecule has 0 saturated heterocycles. The average Bonchev–Trinajstić information content (AvgIpc) is 2.69. The number of carbonyl (C=O) groups is 1. The molecule has 1 amide bonds. The summed E-state index contributed by atoms with van der Waals surface area (Å²) in [4.78, 5) is 19.3. The van der Waals surface area contributed by atoms with Crippen LogP contribution in [0, 0.1) is 5.82 Å². The third kappa shape index (κ3) is 4.59. The van der Waals surface area contributed by atoms with Crippen molar-refractivity contribution in [1.82, 2.24) is 10.3 Å². The number of methoxy groups -OCH3 is 1. The van der Waals surface area contributed by atoms with E-state index in [1.165, 1.54) is 12.1 Å². The summed E-state index contributed by atoms with van der Waals surface area (Å²) in [6.07, 6.45) is 1.28. The second kappa shape index (κ2) is 9.01. The van der Waals surface area contributed by atoms with Crippen molar-refractivity contribution in [3.05, 3.63) is 53.0 Å². The van der Waals surface area contributed by atoms with Crippen LogP contribution in [-0.4, -0.2) is 50.8 Å². The van der Waals surface area contributed by atoms with Crippen LogP contribution in [0.4, 0.5) is 10.2 Å². The van der Waals surface area contributed by atoms with E-state index in [9.17, 15) is 9.18 Å². The number of carbonyl (C=O) groups excluding carboxylic acids is 1. The minimum Gasteiger partial charge on any atom is -0.488 e. The predicted molar refractivity (Wildman–Crippen MR) is 106 cm³/mol. The number of nitrogens with one attached hydrogen (secondary N) is 1. The molecule has 0 spiro atoms. The zero-order valence-corrected chi connectivity index (χ0v) is 16.5. The number of anilines is 1. The Hall–Kier alpha value is -2.67. The molecule has 0 saturated carbocycles. The lowest BCUT2D eigenvalue weighted by molar-refractivity contribution is 0.0889. The van der Waals surface area contributed by atoms with E-state index in [1.807, 2.05) is 18.9 Å². The van der Waals surface area contributed by atoms with Crippen molar-refractivity contribution in [1.29, 1.82) is 0 Å². The van der Waals surface area contributed by atoms with Gasteiger partial charge < -0.3 is 19.7 Å². The number of nitrogens with zero attached hydrogens (tertiary/aromatic N) is 2. The van der Waals surface area contributed by atoms with Crippen molar-refractivity contribution in [2.75, 3.05) is 38.8 Å². The molecule has 0 radical (unpaired) electrons. The Labute approximate surface area is 164 Å². The number of hydrogen-bond donors (Lipinski definition) is 1. The minimum absolute atomic E-state index is 0.0788. The largest absolute Gasteiger partial charge is 0.488 e. The van der Waals surface area contributed by atoms with Crippen molar-refractivity contribution in [2.24, 2.45) is 0 Å². The van der Waals surface area contributed by atoms with Crippen LogP contribution in [0.25, 0.3) is 0 Å². The molecule has 0 fully saturated rings. The lowest BCUT2D eigenvalue weighted by Gasteiger charge is -2.29. The van der Waals surface area contributed by atoms with Gasteiger partial charge in [-0.2, -0.15) is 0 Å². The summed E-state index contributed by atoms with van der Waals surface area (Å²) in [5.41, 5.74) is 2.12. The molecule has 0 aliphatic carbocycles. The van der Waals surface area contributed by atoms with E-state index in [1.54, 1.807) is 25.3 Å². The Bertz CT molecular complexity index is 826. The zero-order chi connectivity index (χ0) is 20.1. The molecule has 150 valence electrons. The van der Waals surface area contributed by atoms with E-state index in [0.717, 1.165) is 17.5 Å². The predicted octanol–water partition coefficient (Wildman–Crippen LogP) is 2.79. The van der Waals surface area contributed by atoms with Gasteiger partial charge in [0.05, 0.1) is 19.2 Å². The van der Waals surface area contributed by atoms with Gasteiger partial charge in [0.2, 0.25) is 0 Å². The van der Waals surface area contributed by atoms with E-state index in [2.05, 4.69) is 10.3 Å². The third-order valence-electron chi connectivity index (χ3n) is 4.80. The molecule has 1 aliphatic rings. The number of benzene rings is 1. The number of amides is 1. The lowest BCUT2D eigenvalue weighted by Crippen LogP contribution is -2.38. The van der Waals surface area contributed by atoms with Gasteiger partial charge in [0.15, 0.2) is 11.6 Å². The number of pyridine rings is 1. The summed E-state index contributed by atoms with van der Waals surface area (Å²) in [5, 5.41) is 2.97. The lowest BCUT2D eigenvalue weighted by atomic mass is 10.0. The van der Waals surface area contributed by atoms with Crippen LogP contribution in [0.5, 0.6) is 5.75 Å². The standard InChI is InChI=1S/C21H26FN3O3/c1-4-17(13-27-3)23-21(26)18-12-15(11-14-5-7-16(22)8-6-14)19-20(24-18)25(2)9-10-28-19/h5-8,12,17H,4,9-11,13H2,1-3H3,(H,23,26). The molecule has 1 N–H and O–H groups in total. The van der Waals surface area contributed by atoms with Crippen molar-refractivity contribution in [2.45, 2.75) is 25.8 Å². The first-order chi connectivity index (χ1) is 13.5. The number of aromatic nitrogens is 1. The molecule has 7 heteroatoms. The summed E-state index contributed by atoms with van der Waals surface area (Å²) in [5.74, 6) is 0.806. The molecule has 1 aliphatic heterocycles. The molecule has 1 atom stereocenters. The molecule has 6 nitrogen and oxygen atoms in total. The van der Waals surface area contributed by atoms with Crippen LogP contribution >= 0.6 is 0 Å². The van der Waals surface area contributed by atoms with Crippen LogP contribution in [0.1, 0.15) is 35.0 Å². The van der Waals surface area contributed by atoms with Crippen LogP contribution in [0.15, 0.2) is 30.3 Å². The van der Waals surface area contributed by atoms with Gasteiger partial charge in [-0.15, -0.1) is 0 Å². The Morgan fingerprint density at radius 1 is 1.39 bits per heavy atom. The summed E-state index contributed by atoms with van der Waals surface area (Å²) < 4.78 is 24.3. The van der Waals surface area contributed by atoms with E-state index in [4.69, 9.17) is 9.47 Å². The second-order valence-corrected chi connectivity index (χ2v) is 6.93. The van der Waals surface area contributed by atoms with Gasteiger partial charge in [-0.3, -0.25) is 4.79 Å². The van der Waals surface area contributed by atoms with Gasteiger partial charge in [-0.05, 0) is 30.2 Å². The highest BCUT2D eigenvalue weighted by Gasteiger charge is 2.24. The fraction of sp³-hybridized carbons (Fsp3) is 0.429. The van der Waals surface area contributed by atoms with Crippen LogP contribution in [0.2, 0.25) is 0 Å². The molecule has 1 aromatic heterocycles. The Morgan fingerprint density at radius 3 is 2.82 bits per heavy atom. The number of halogens is 1. The van der Waals surface area contributed by atoms with E-state index >= 15 is 0 Å². The van der Waals surface area contributed by atoms with Crippen LogP contribution < -0.4 is 15.0 Å². The fourth-order valence-corrected chi connectivity index (χ4v) is 3.17. The summed E-state index contributed by atoms with van der Waals surface area (Å²) in [7, 11) is 3.54. The van der Waals surface area contributed by atoms with Gasteiger partial charge in [0.1, 0.15) is 18.1 Å². The van der Waals surface area contributed by atoms with Crippen molar-refractivity contribution in [3.8, 4) is 5.75 Å². The summed E-state index contributed by atoms with van der Waals surface area (Å²) in [6, 6.07) is 8.02. The number of rotatable bonds is 7. The second-order valence-electron chi connectivity index (χ2n) is 6.93. The Kier molecular flexibility index (Phi) is 6.46. The maximum atomic E-state index is 13.2.